The average molecular weight is 640 g/mol. The molecule has 9 heteroatoms. The van der Waals surface area contributed by atoms with Gasteiger partial charge < -0.3 is 25.4 Å². The molecule has 0 radical (unpaired) electrons. The van der Waals surface area contributed by atoms with Crippen molar-refractivity contribution in [2.75, 3.05) is 7.11 Å². The molecular formula is C38H45N3O6. The highest BCUT2D eigenvalue weighted by molar-refractivity contribution is 5.96. The molecule has 3 N–H and O–H groups in total. The second-order valence-electron chi connectivity index (χ2n) is 13.6. The Morgan fingerprint density at radius 1 is 0.915 bits per heavy atom. The van der Waals surface area contributed by atoms with Gasteiger partial charge in [0.25, 0.3) is 0 Å². The van der Waals surface area contributed by atoms with Crippen molar-refractivity contribution in [3.8, 4) is 11.1 Å². The molecule has 3 amide bonds. The molecule has 5 rings (SSSR count). The monoisotopic (exact) mass is 639 g/mol. The summed E-state index contributed by atoms with van der Waals surface area (Å²) in [6, 6.07) is 20.3. The van der Waals surface area contributed by atoms with E-state index in [9.17, 15) is 19.2 Å². The van der Waals surface area contributed by atoms with E-state index in [-0.39, 0.29) is 12.3 Å². The number of amides is 3. The van der Waals surface area contributed by atoms with Crippen LogP contribution in [-0.4, -0.2) is 54.2 Å². The fraction of sp³-hybridized carbons (Fsp3) is 0.421. The summed E-state index contributed by atoms with van der Waals surface area (Å²) in [7, 11) is 1.31. The van der Waals surface area contributed by atoms with E-state index >= 15 is 0 Å². The zero-order valence-electron chi connectivity index (χ0n) is 27.6. The molecule has 3 aromatic carbocycles. The third-order valence-corrected chi connectivity index (χ3v) is 8.73. The van der Waals surface area contributed by atoms with Gasteiger partial charge in [-0.3, -0.25) is 9.59 Å². The lowest BCUT2D eigenvalue weighted by molar-refractivity contribution is -0.147. The Morgan fingerprint density at radius 2 is 1.68 bits per heavy atom. The Morgan fingerprint density at radius 3 is 2.45 bits per heavy atom. The van der Waals surface area contributed by atoms with Gasteiger partial charge >= 0.3 is 12.1 Å². The number of rotatable bonds is 5. The molecular weight excluding hydrogens is 594 g/mol. The molecule has 1 saturated carbocycles. The van der Waals surface area contributed by atoms with E-state index in [0.29, 0.717) is 19.3 Å². The predicted molar refractivity (Wildman–Crippen MR) is 181 cm³/mol. The molecule has 0 bridgehead atoms. The van der Waals surface area contributed by atoms with Crippen LogP contribution in [0.4, 0.5) is 4.79 Å². The minimum atomic E-state index is -1.19. The first kappa shape index (κ1) is 33.7. The van der Waals surface area contributed by atoms with Crippen molar-refractivity contribution in [1.29, 1.82) is 0 Å². The molecule has 1 fully saturated rings. The van der Waals surface area contributed by atoms with Crippen molar-refractivity contribution in [3.63, 3.8) is 0 Å². The first-order chi connectivity index (χ1) is 22.5. The zero-order valence-corrected chi connectivity index (χ0v) is 27.6. The van der Waals surface area contributed by atoms with Gasteiger partial charge in [-0.2, -0.15) is 0 Å². The number of fused-ring (bicyclic) bond motifs is 2. The summed E-state index contributed by atoms with van der Waals surface area (Å²) >= 11 is 0. The lowest BCUT2D eigenvalue weighted by atomic mass is 9.97. The number of methoxy groups -OCH3 is 1. The molecule has 248 valence electrons. The number of hydrogen-bond acceptors (Lipinski definition) is 6. The van der Waals surface area contributed by atoms with E-state index in [1.807, 2.05) is 48.6 Å². The maximum absolute atomic E-state index is 14.0. The number of allylic oxidation sites excluding steroid dienone is 1. The topological polar surface area (TPSA) is 123 Å². The second-order valence-corrected chi connectivity index (χ2v) is 13.6. The van der Waals surface area contributed by atoms with Crippen LogP contribution >= 0.6 is 0 Å². The van der Waals surface area contributed by atoms with Crippen LogP contribution in [0.2, 0.25) is 0 Å². The fourth-order valence-corrected chi connectivity index (χ4v) is 6.17. The highest BCUT2D eigenvalue weighted by atomic mass is 16.6. The highest BCUT2D eigenvalue weighted by Gasteiger charge is 2.61. The van der Waals surface area contributed by atoms with E-state index in [1.54, 1.807) is 20.8 Å². The molecule has 0 aromatic heterocycles. The van der Waals surface area contributed by atoms with Gasteiger partial charge in [0.05, 0.1) is 7.11 Å². The third-order valence-electron chi connectivity index (χ3n) is 8.73. The molecule has 9 nitrogen and oxygen atoms in total. The number of carbonyl (C=O) groups is 4. The number of hydrogen-bond donors (Lipinski definition) is 3. The third kappa shape index (κ3) is 8.58. The smallest absolute Gasteiger partial charge is 0.408 e. The molecule has 0 saturated heterocycles. The fourth-order valence-electron chi connectivity index (χ4n) is 6.17. The van der Waals surface area contributed by atoms with Crippen LogP contribution in [0.25, 0.3) is 21.9 Å². The Balaban J connectivity index is 1.44. The van der Waals surface area contributed by atoms with Crippen LogP contribution in [-0.2, 0) is 30.3 Å². The van der Waals surface area contributed by atoms with Gasteiger partial charge in [0.2, 0.25) is 11.8 Å². The SMILES string of the molecule is COC(=O)[C@@]12C[C@H]1/C=C\CCCCCC(NC(=O)OC(C)(C)C)C(=O)N[C@@H](Cc1cccc(-c3ccc4ccccc4c3)c1)C(=O)N2. The number of ether oxygens (including phenoxy) is 2. The van der Waals surface area contributed by atoms with Gasteiger partial charge in [0, 0.05) is 12.3 Å². The van der Waals surface area contributed by atoms with Crippen molar-refractivity contribution < 1.29 is 28.7 Å². The van der Waals surface area contributed by atoms with Crippen molar-refractivity contribution in [3.05, 3.63) is 84.4 Å². The molecule has 1 aliphatic carbocycles. The summed E-state index contributed by atoms with van der Waals surface area (Å²) in [4.78, 5) is 53.5. The number of nitrogens with one attached hydrogen (secondary N) is 3. The van der Waals surface area contributed by atoms with Gasteiger partial charge in [0.15, 0.2) is 0 Å². The average Bonchev–Trinajstić information content (AvgIpc) is 3.74. The quantitative estimate of drug-likeness (QED) is 0.233. The predicted octanol–water partition coefficient (Wildman–Crippen LogP) is 6.00. The van der Waals surface area contributed by atoms with Crippen molar-refractivity contribution in [1.82, 2.24) is 16.0 Å². The standard InChI is InChI=1S/C38H45N3O6/c1-37(2,3)47-36(45)40-31-18-9-7-5-6-8-17-30-24-38(30,35(44)46-4)41-34(43)32(39-33(31)42)22-25-13-12-16-27(21-25)29-20-19-26-14-10-11-15-28(26)23-29/h8,10-17,19-21,23,30-32H,5-7,9,18,22,24H2,1-4H3,(H,39,42)(H,40,45)(H,41,43)/b17-8-/t30-,31?,32+,38-/m1/s1. The largest absolute Gasteiger partial charge is 0.467 e. The van der Waals surface area contributed by atoms with Gasteiger partial charge in [0.1, 0.15) is 23.2 Å². The van der Waals surface area contributed by atoms with E-state index in [0.717, 1.165) is 46.7 Å². The summed E-state index contributed by atoms with van der Waals surface area (Å²) in [6.45, 7) is 5.27. The van der Waals surface area contributed by atoms with Crippen LogP contribution in [0, 0.1) is 5.92 Å². The normalized spacial score (nSPS) is 24.4. The molecule has 0 spiro atoms. The van der Waals surface area contributed by atoms with Crippen molar-refractivity contribution in [2.45, 2.75) is 88.9 Å². The first-order valence-electron chi connectivity index (χ1n) is 16.4. The van der Waals surface area contributed by atoms with Crippen LogP contribution in [0.1, 0.15) is 64.9 Å². The summed E-state index contributed by atoms with van der Waals surface area (Å²) in [5.41, 5.74) is 0.894. The van der Waals surface area contributed by atoms with Crippen LogP contribution < -0.4 is 16.0 Å². The summed E-state index contributed by atoms with van der Waals surface area (Å²) < 4.78 is 10.5. The van der Waals surface area contributed by atoms with Crippen LogP contribution in [0.5, 0.6) is 0 Å². The van der Waals surface area contributed by atoms with E-state index in [1.165, 1.54) is 7.11 Å². The number of benzene rings is 3. The molecule has 47 heavy (non-hydrogen) atoms. The molecule has 3 aromatic rings. The van der Waals surface area contributed by atoms with E-state index < -0.39 is 47.1 Å². The highest BCUT2D eigenvalue weighted by Crippen LogP contribution is 2.46. The van der Waals surface area contributed by atoms with Crippen LogP contribution in [0.15, 0.2) is 78.9 Å². The Kier molecular flexibility index (Phi) is 10.3. The maximum atomic E-state index is 14.0. The minimum absolute atomic E-state index is 0.163. The summed E-state index contributed by atoms with van der Waals surface area (Å²) in [5.74, 6) is -1.70. The van der Waals surface area contributed by atoms with Gasteiger partial charge in [-0.1, -0.05) is 85.7 Å². The van der Waals surface area contributed by atoms with Crippen molar-refractivity contribution in [2.24, 2.45) is 5.92 Å². The molecule has 1 aliphatic heterocycles. The molecule has 1 heterocycles. The maximum Gasteiger partial charge on any atom is 0.408 e. The molecule has 2 aliphatic rings. The second kappa shape index (κ2) is 14.4. The van der Waals surface area contributed by atoms with Gasteiger partial charge in [-0.05, 0) is 80.0 Å². The Labute approximate surface area is 276 Å². The van der Waals surface area contributed by atoms with Gasteiger partial charge in [-0.15, -0.1) is 0 Å². The van der Waals surface area contributed by atoms with Crippen molar-refractivity contribution >= 4 is 34.6 Å². The number of esters is 1. The first-order valence-corrected chi connectivity index (χ1v) is 16.4. The van der Waals surface area contributed by atoms with E-state index in [4.69, 9.17) is 9.47 Å². The minimum Gasteiger partial charge on any atom is -0.467 e. The summed E-state index contributed by atoms with van der Waals surface area (Å²) in [5, 5.41) is 10.8. The lowest BCUT2D eigenvalue weighted by Gasteiger charge is -2.26. The Bertz CT molecular complexity index is 1660. The number of alkyl carbamates (subject to hydrolysis) is 1. The molecule has 4 atom stereocenters. The van der Waals surface area contributed by atoms with E-state index in [2.05, 4.69) is 46.3 Å². The zero-order chi connectivity index (χ0) is 33.6. The number of carbonyl (C=O) groups excluding carboxylic acids is 4. The van der Waals surface area contributed by atoms with Crippen LogP contribution in [0.3, 0.4) is 0 Å². The Hall–Kier alpha value is -4.66. The molecule has 1 unspecified atom stereocenters. The lowest BCUT2D eigenvalue weighted by Crippen LogP contribution is -2.57. The summed E-state index contributed by atoms with van der Waals surface area (Å²) in [6.07, 6.45) is 7.51. The van der Waals surface area contributed by atoms with Gasteiger partial charge in [-0.25, -0.2) is 9.59 Å².